The topological polar surface area (TPSA) is 75.5 Å². The van der Waals surface area contributed by atoms with Crippen molar-refractivity contribution in [2.45, 2.75) is 19.4 Å². The summed E-state index contributed by atoms with van der Waals surface area (Å²) in [7, 11) is 0. The zero-order chi connectivity index (χ0) is 16.9. The molecule has 126 valence electrons. The van der Waals surface area contributed by atoms with Crippen LogP contribution >= 0.6 is 0 Å². The standard InChI is InChI=1S/C18H21N3O3/c1-2-24-17-15(7-5-9-20-17)18(23)21-11-13(16(22)12-21)10-14-6-3-4-8-19-14/h3-9,13,16,22H,2,10-12H2,1H3/t13-,16-/m1/s1. The van der Waals surface area contributed by atoms with Crippen molar-refractivity contribution in [3.63, 3.8) is 0 Å². The first kappa shape index (κ1) is 16.4. The van der Waals surface area contributed by atoms with Crippen molar-refractivity contribution >= 4 is 5.91 Å². The Morgan fingerprint density at radius 3 is 2.83 bits per heavy atom. The summed E-state index contributed by atoms with van der Waals surface area (Å²) < 4.78 is 5.44. The molecule has 24 heavy (non-hydrogen) atoms. The fourth-order valence-electron chi connectivity index (χ4n) is 2.98. The molecule has 2 atom stereocenters. The van der Waals surface area contributed by atoms with E-state index in [-0.39, 0.29) is 11.8 Å². The predicted molar refractivity (Wildman–Crippen MR) is 88.7 cm³/mol. The highest BCUT2D eigenvalue weighted by Crippen LogP contribution is 2.25. The Morgan fingerprint density at radius 1 is 1.25 bits per heavy atom. The van der Waals surface area contributed by atoms with Gasteiger partial charge in [-0.3, -0.25) is 9.78 Å². The number of aliphatic hydroxyl groups excluding tert-OH is 1. The lowest BCUT2D eigenvalue weighted by Crippen LogP contribution is -2.30. The Labute approximate surface area is 141 Å². The lowest BCUT2D eigenvalue weighted by Gasteiger charge is -2.17. The van der Waals surface area contributed by atoms with E-state index in [0.29, 0.717) is 37.6 Å². The molecule has 0 unspecified atom stereocenters. The molecule has 0 aromatic carbocycles. The zero-order valence-electron chi connectivity index (χ0n) is 13.6. The van der Waals surface area contributed by atoms with Crippen LogP contribution in [0.25, 0.3) is 0 Å². The monoisotopic (exact) mass is 327 g/mol. The average molecular weight is 327 g/mol. The van der Waals surface area contributed by atoms with Gasteiger partial charge in [-0.2, -0.15) is 0 Å². The molecule has 2 aromatic rings. The minimum atomic E-state index is -0.553. The number of aromatic nitrogens is 2. The Morgan fingerprint density at radius 2 is 2.08 bits per heavy atom. The highest BCUT2D eigenvalue weighted by Gasteiger charge is 2.35. The average Bonchev–Trinajstić information content (AvgIpc) is 2.97. The summed E-state index contributed by atoms with van der Waals surface area (Å²) in [6.07, 6.45) is 3.44. The summed E-state index contributed by atoms with van der Waals surface area (Å²) in [5.41, 5.74) is 1.36. The number of carbonyl (C=O) groups is 1. The lowest BCUT2D eigenvalue weighted by atomic mass is 10.00. The van der Waals surface area contributed by atoms with E-state index in [4.69, 9.17) is 4.74 Å². The van der Waals surface area contributed by atoms with Gasteiger partial charge in [0.25, 0.3) is 5.91 Å². The van der Waals surface area contributed by atoms with E-state index in [1.165, 1.54) is 0 Å². The molecule has 1 N–H and O–H groups in total. The maximum Gasteiger partial charge on any atom is 0.259 e. The number of hydrogen-bond acceptors (Lipinski definition) is 5. The highest BCUT2D eigenvalue weighted by atomic mass is 16.5. The number of amides is 1. The van der Waals surface area contributed by atoms with Gasteiger partial charge in [0, 0.05) is 37.1 Å². The quantitative estimate of drug-likeness (QED) is 0.902. The highest BCUT2D eigenvalue weighted by molar-refractivity contribution is 5.96. The van der Waals surface area contributed by atoms with Gasteiger partial charge in [0.05, 0.1) is 12.7 Å². The van der Waals surface area contributed by atoms with Crippen LogP contribution in [0.3, 0.4) is 0 Å². The fourth-order valence-corrected chi connectivity index (χ4v) is 2.98. The molecule has 3 rings (SSSR count). The van der Waals surface area contributed by atoms with E-state index >= 15 is 0 Å². The molecule has 6 heteroatoms. The fraction of sp³-hybridized carbons (Fsp3) is 0.389. The maximum atomic E-state index is 12.8. The summed E-state index contributed by atoms with van der Waals surface area (Å²) in [4.78, 5) is 22.9. The molecule has 0 saturated carbocycles. The molecule has 0 radical (unpaired) electrons. The molecular weight excluding hydrogens is 306 g/mol. The molecule has 0 aliphatic carbocycles. The predicted octanol–water partition coefficient (Wildman–Crippen LogP) is 1.55. The van der Waals surface area contributed by atoms with E-state index < -0.39 is 6.10 Å². The molecule has 1 aliphatic heterocycles. The Balaban J connectivity index is 1.71. The molecule has 3 heterocycles. The molecule has 0 spiro atoms. The van der Waals surface area contributed by atoms with E-state index in [1.54, 1.807) is 29.4 Å². The van der Waals surface area contributed by atoms with Crippen molar-refractivity contribution in [3.8, 4) is 5.88 Å². The smallest absolute Gasteiger partial charge is 0.259 e. The Bertz CT molecular complexity index is 693. The zero-order valence-corrected chi connectivity index (χ0v) is 13.6. The number of likely N-dealkylation sites (tertiary alicyclic amines) is 1. The largest absolute Gasteiger partial charge is 0.477 e. The molecule has 6 nitrogen and oxygen atoms in total. The normalized spacial score (nSPS) is 20.2. The second kappa shape index (κ2) is 7.40. The summed E-state index contributed by atoms with van der Waals surface area (Å²) >= 11 is 0. The minimum Gasteiger partial charge on any atom is -0.477 e. The number of aliphatic hydroxyl groups is 1. The molecule has 1 amide bonds. The van der Waals surface area contributed by atoms with Gasteiger partial charge in [0.15, 0.2) is 0 Å². The van der Waals surface area contributed by atoms with Gasteiger partial charge in [0.2, 0.25) is 5.88 Å². The van der Waals surface area contributed by atoms with Gasteiger partial charge in [-0.1, -0.05) is 6.07 Å². The second-order valence-corrected chi connectivity index (χ2v) is 5.85. The van der Waals surface area contributed by atoms with Crippen molar-refractivity contribution in [2.24, 2.45) is 5.92 Å². The third-order valence-electron chi connectivity index (χ3n) is 4.17. The summed E-state index contributed by atoms with van der Waals surface area (Å²) in [5, 5.41) is 10.3. The number of ether oxygens (including phenoxy) is 1. The van der Waals surface area contributed by atoms with Crippen LogP contribution in [0.4, 0.5) is 0 Å². The van der Waals surface area contributed by atoms with Gasteiger partial charge < -0.3 is 14.7 Å². The van der Waals surface area contributed by atoms with Crippen LogP contribution in [0.1, 0.15) is 23.0 Å². The van der Waals surface area contributed by atoms with Crippen molar-refractivity contribution in [3.05, 3.63) is 54.0 Å². The third-order valence-corrected chi connectivity index (χ3v) is 4.17. The second-order valence-electron chi connectivity index (χ2n) is 5.85. The van der Waals surface area contributed by atoms with Crippen LogP contribution in [0.15, 0.2) is 42.7 Å². The van der Waals surface area contributed by atoms with Crippen molar-refractivity contribution in [1.29, 1.82) is 0 Å². The third kappa shape index (κ3) is 3.54. The van der Waals surface area contributed by atoms with E-state index in [1.807, 2.05) is 25.1 Å². The van der Waals surface area contributed by atoms with E-state index in [9.17, 15) is 9.90 Å². The summed E-state index contributed by atoms with van der Waals surface area (Å²) in [6, 6.07) is 9.15. The van der Waals surface area contributed by atoms with Gasteiger partial charge in [0.1, 0.15) is 5.56 Å². The van der Waals surface area contributed by atoms with Crippen LogP contribution in [0.2, 0.25) is 0 Å². The number of hydrogen-bond donors (Lipinski definition) is 1. The Hall–Kier alpha value is -2.47. The van der Waals surface area contributed by atoms with Crippen LogP contribution in [0, 0.1) is 5.92 Å². The number of β-amino-alcohol motifs (C(OH)–C–C–N with tert-alkyl or cyclic N) is 1. The van der Waals surface area contributed by atoms with Crippen molar-refractivity contribution < 1.29 is 14.6 Å². The summed E-state index contributed by atoms with van der Waals surface area (Å²) in [5.74, 6) is 0.165. The molecule has 1 aliphatic rings. The first-order valence-electron chi connectivity index (χ1n) is 8.14. The van der Waals surface area contributed by atoms with Crippen molar-refractivity contribution in [1.82, 2.24) is 14.9 Å². The van der Waals surface area contributed by atoms with Crippen LogP contribution in [-0.4, -0.2) is 51.7 Å². The van der Waals surface area contributed by atoms with E-state index in [0.717, 1.165) is 5.69 Å². The van der Waals surface area contributed by atoms with Gasteiger partial charge in [-0.05, 0) is 37.6 Å². The lowest BCUT2D eigenvalue weighted by molar-refractivity contribution is 0.0759. The number of carbonyl (C=O) groups excluding carboxylic acids is 1. The van der Waals surface area contributed by atoms with Crippen LogP contribution in [0.5, 0.6) is 5.88 Å². The SMILES string of the molecule is CCOc1ncccc1C(=O)N1C[C@@H](Cc2ccccn2)[C@H](O)C1. The van der Waals surface area contributed by atoms with E-state index in [2.05, 4.69) is 9.97 Å². The van der Waals surface area contributed by atoms with Gasteiger partial charge in [-0.15, -0.1) is 0 Å². The molecule has 1 fully saturated rings. The minimum absolute atomic E-state index is 0.0175. The van der Waals surface area contributed by atoms with Gasteiger partial charge >= 0.3 is 0 Å². The van der Waals surface area contributed by atoms with Crippen LogP contribution in [-0.2, 0) is 6.42 Å². The molecule has 2 aromatic heterocycles. The number of pyridine rings is 2. The first-order valence-corrected chi connectivity index (χ1v) is 8.14. The number of nitrogens with zero attached hydrogens (tertiary/aromatic N) is 3. The molecule has 0 bridgehead atoms. The maximum absolute atomic E-state index is 12.8. The van der Waals surface area contributed by atoms with Crippen LogP contribution < -0.4 is 4.74 Å². The first-order chi connectivity index (χ1) is 11.7. The van der Waals surface area contributed by atoms with Gasteiger partial charge in [-0.25, -0.2) is 4.98 Å². The molecular formula is C18H21N3O3. The Kier molecular flexibility index (Phi) is 5.05. The summed E-state index contributed by atoms with van der Waals surface area (Å²) in [6.45, 7) is 3.11. The van der Waals surface area contributed by atoms with Crippen molar-refractivity contribution in [2.75, 3.05) is 19.7 Å². The molecule has 1 saturated heterocycles. The number of rotatable bonds is 5.